The number of ether oxygens (including phenoxy) is 5. The number of esters is 1. The molecule has 0 bridgehead atoms. The van der Waals surface area contributed by atoms with Crippen LogP contribution >= 0.6 is 0 Å². The number of carbonyl (C=O) groups excluding carboxylic acids is 4. The molecule has 0 aliphatic carbocycles. The molecular formula is C31H38N4O9. The van der Waals surface area contributed by atoms with E-state index < -0.39 is 53.8 Å². The predicted molar refractivity (Wildman–Crippen MR) is 157 cm³/mol. The maximum atomic E-state index is 13.3. The number of hydrogen-bond donors (Lipinski definition) is 1. The molecular weight excluding hydrogens is 572 g/mol. The molecule has 2 aromatic carbocycles. The summed E-state index contributed by atoms with van der Waals surface area (Å²) in [5, 5.41) is 2.51. The molecule has 0 radical (unpaired) electrons. The lowest BCUT2D eigenvalue weighted by atomic mass is 10.0. The highest BCUT2D eigenvalue weighted by Crippen LogP contribution is 2.37. The smallest absolute Gasteiger partial charge is 0.417 e. The van der Waals surface area contributed by atoms with Gasteiger partial charge in [-0.1, -0.05) is 60.7 Å². The monoisotopic (exact) mass is 610 g/mol. The van der Waals surface area contributed by atoms with E-state index in [1.807, 2.05) is 36.4 Å². The van der Waals surface area contributed by atoms with Crippen LogP contribution in [0.1, 0.15) is 45.7 Å². The molecule has 13 nitrogen and oxygen atoms in total. The highest BCUT2D eigenvalue weighted by molar-refractivity contribution is 6.02. The number of amides is 3. The standard InChI is InChI=1S/C31H38N4O9/c1-30(2,3)44-29(39)35-23(25(36)40-6)24(43-31(35,4)5)22-17-34(28(38)42-19-21-15-11-8-12-16-21)26(32-22)33-27(37)41-18-20-13-9-7-10-14-20/h7-16,22-24H,17-19H2,1-6H3,(H,32,33,37)/t22-,23-,24-/m0/s1. The van der Waals surface area contributed by atoms with Gasteiger partial charge in [-0.2, -0.15) is 0 Å². The summed E-state index contributed by atoms with van der Waals surface area (Å²) in [5.74, 6) is -0.921. The van der Waals surface area contributed by atoms with Crippen LogP contribution in [0.2, 0.25) is 0 Å². The molecule has 1 fully saturated rings. The third-order valence-electron chi connectivity index (χ3n) is 6.77. The summed E-state index contributed by atoms with van der Waals surface area (Å²) in [7, 11) is 1.19. The predicted octanol–water partition coefficient (Wildman–Crippen LogP) is 4.20. The normalized spacial score (nSPS) is 20.9. The Morgan fingerprint density at radius 2 is 1.50 bits per heavy atom. The quantitative estimate of drug-likeness (QED) is 0.376. The highest BCUT2D eigenvalue weighted by atomic mass is 16.6. The number of guanidine groups is 1. The molecule has 4 rings (SSSR count). The number of methoxy groups -OCH3 is 1. The summed E-state index contributed by atoms with van der Waals surface area (Å²) in [6.07, 6.45) is -3.52. The second-order valence-electron chi connectivity index (χ2n) is 11.7. The maximum Gasteiger partial charge on any atom is 0.417 e. The van der Waals surface area contributed by atoms with Gasteiger partial charge in [0.1, 0.15) is 36.7 Å². The largest absolute Gasteiger partial charge is 0.467 e. The Labute approximate surface area is 256 Å². The van der Waals surface area contributed by atoms with Crippen molar-refractivity contribution in [2.45, 2.75) is 77.3 Å². The Morgan fingerprint density at radius 3 is 2.05 bits per heavy atom. The van der Waals surface area contributed by atoms with Gasteiger partial charge in [-0.3, -0.25) is 10.2 Å². The molecule has 1 N–H and O–H groups in total. The van der Waals surface area contributed by atoms with Crippen molar-refractivity contribution >= 4 is 30.2 Å². The molecule has 2 aliphatic rings. The molecule has 0 unspecified atom stereocenters. The van der Waals surface area contributed by atoms with Crippen LogP contribution in [-0.2, 0) is 41.7 Å². The van der Waals surface area contributed by atoms with E-state index in [0.717, 1.165) is 16.0 Å². The molecule has 3 amide bonds. The summed E-state index contributed by atoms with van der Waals surface area (Å²) in [6, 6.07) is 15.9. The average molecular weight is 611 g/mol. The number of rotatable bonds is 6. The van der Waals surface area contributed by atoms with E-state index in [4.69, 9.17) is 23.7 Å². The van der Waals surface area contributed by atoms with Crippen LogP contribution in [0, 0.1) is 0 Å². The maximum absolute atomic E-state index is 13.3. The SMILES string of the molecule is COC(=O)[C@@H]1[C@H]([C@@H]2CN(C(=O)OCc3ccccc3)C(NC(=O)OCc3ccccc3)=N2)OC(C)(C)N1C(=O)OC(C)(C)C. The van der Waals surface area contributed by atoms with E-state index >= 15 is 0 Å². The van der Waals surface area contributed by atoms with Gasteiger partial charge in [0.05, 0.1) is 13.7 Å². The van der Waals surface area contributed by atoms with E-state index in [1.54, 1.807) is 58.9 Å². The molecule has 3 atom stereocenters. The van der Waals surface area contributed by atoms with Crippen molar-refractivity contribution in [3.63, 3.8) is 0 Å². The molecule has 13 heteroatoms. The molecule has 0 saturated carbocycles. The first-order chi connectivity index (χ1) is 20.8. The van der Waals surface area contributed by atoms with Gasteiger partial charge in [0.25, 0.3) is 0 Å². The Balaban J connectivity index is 1.58. The van der Waals surface area contributed by atoms with Gasteiger partial charge in [0.2, 0.25) is 5.96 Å². The van der Waals surface area contributed by atoms with Crippen molar-refractivity contribution in [3.8, 4) is 0 Å². The molecule has 2 aromatic rings. The molecule has 2 aliphatic heterocycles. The fourth-order valence-electron chi connectivity index (χ4n) is 4.86. The van der Waals surface area contributed by atoms with Crippen LogP contribution in [0.5, 0.6) is 0 Å². The zero-order valence-corrected chi connectivity index (χ0v) is 25.6. The lowest BCUT2D eigenvalue weighted by molar-refractivity contribution is -0.147. The highest BCUT2D eigenvalue weighted by Gasteiger charge is 2.58. The van der Waals surface area contributed by atoms with E-state index in [-0.39, 0.29) is 25.7 Å². The first-order valence-corrected chi connectivity index (χ1v) is 14.1. The van der Waals surface area contributed by atoms with Crippen molar-refractivity contribution in [2.75, 3.05) is 13.7 Å². The molecule has 0 spiro atoms. The zero-order valence-electron chi connectivity index (χ0n) is 25.6. The Kier molecular flexibility index (Phi) is 9.78. The van der Waals surface area contributed by atoms with Crippen LogP contribution in [0.3, 0.4) is 0 Å². The lowest BCUT2D eigenvalue weighted by Crippen LogP contribution is -2.54. The van der Waals surface area contributed by atoms with Crippen molar-refractivity contribution in [3.05, 3.63) is 71.8 Å². The molecule has 44 heavy (non-hydrogen) atoms. The summed E-state index contributed by atoms with van der Waals surface area (Å²) in [5.41, 5.74) is -0.652. The number of alkyl carbamates (subject to hydrolysis) is 1. The number of carbonyl (C=O) groups is 4. The molecule has 2 heterocycles. The van der Waals surface area contributed by atoms with Gasteiger partial charge < -0.3 is 23.7 Å². The Hall–Kier alpha value is -4.65. The third-order valence-corrected chi connectivity index (χ3v) is 6.77. The number of benzene rings is 2. The van der Waals surface area contributed by atoms with Crippen LogP contribution < -0.4 is 5.32 Å². The minimum atomic E-state index is -1.31. The van der Waals surface area contributed by atoms with Crippen molar-refractivity contribution in [1.29, 1.82) is 0 Å². The zero-order chi connectivity index (χ0) is 32.1. The molecule has 0 aromatic heterocycles. The third kappa shape index (κ3) is 7.84. The van der Waals surface area contributed by atoms with Crippen LogP contribution in [0.25, 0.3) is 0 Å². The van der Waals surface area contributed by atoms with Gasteiger partial charge in [0, 0.05) is 0 Å². The minimum absolute atomic E-state index is 0.0168. The van der Waals surface area contributed by atoms with Gasteiger partial charge in [-0.25, -0.2) is 29.1 Å². The second-order valence-corrected chi connectivity index (χ2v) is 11.7. The van der Waals surface area contributed by atoms with E-state index in [2.05, 4.69) is 10.3 Å². The number of hydrogen-bond acceptors (Lipinski definition) is 10. The Bertz CT molecular complexity index is 1380. The van der Waals surface area contributed by atoms with Gasteiger partial charge >= 0.3 is 24.2 Å². The summed E-state index contributed by atoms with van der Waals surface area (Å²) in [6.45, 7) is 8.14. The fraction of sp³-hybridized carbons (Fsp3) is 0.452. The summed E-state index contributed by atoms with van der Waals surface area (Å²) >= 11 is 0. The summed E-state index contributed by atoms with van der Waals surface area (Å²) < 4.78 is 27.7. The number of nitrogens with one attached hydrogen (secondary N) is 1. The fourth-order valence-corrected chi connectivity index (χ4v) is 4.86. The van der Waals surface area contributed by atoms with Crippen molar-refractivity contribution < 1.29 is 42.9 Å². The average Bonchev–Trinajstić information content (AvgIpc) is 3.52. The second kappa shape index (κ2) is 13.3. The van der Waals surface area contributed by atoms with E-state index in [1.165, 1.54) is 12.0 Å². The lowest BCUT2D eigenvalue weighted by Gasteiger charge is -2.34. The van der Waals surface area contributed by atoms with Crippen molar-refractivity contribution in [1.82, 2.24) is 15.1 Å². The topological polar surface area (TPSA) is 145 Å². The van der Waals surface area contributed by atoms with Crippen LogP contribution in [0.15, 0.2) is 65.7 Å². The number of nitrogens with zero attached hydrogens (tertiary/aromatic N) is 3. The molecule has 1 saturated heterocycles. The number of aliphatic imine (C=N–C) groups is 1. The molecule has 236 valence electrons. The van der Waals surface area contributed by atoms with Gasteiger partial charge in [-0.15, -0.1) is 0 Å². The minimum Gasteiger partial charge on any atom is -0.467 e. The Morgan fingerprint density at radius 1 is 0.932 bits per heavy atom. The van der Waals surface area contributed by atoms with E-state index in [0.29, 0.717) is 0 Å². The first-order valence-electron chi connectivity index (χ1n) is 14.1. The summed E-state index contributed by atoms with van der Waals surface area (Å²) in [4.78, 5) is 59.3. The van der Waals surface area contributed by atoms with Gasteiger partial charge in [-0.05, 0) is 45.7 Å². The van der Waals surface area contributed by atoms with E-state index in [9.17, 15) is 19.2 Å². The van der Waals surface area contributed by atoms with Crippen molar-refractivity contribution in [2.24, 2.45) is 4.99 Å². The van der Waals surface area contributed by atoms with Gasteiger partial charge in [0.15, 0.2) is 6.04 Å². The van der Waals surface area contributed by atoms with Crippen LogP contribution in [0.4, 0.5) is 14.4 Å². The van der Waals surface area contributed by atoms with Crippen LogP contribution in [-0.4, -0.2) is 83.2 Å². The first kappa shape index (κ1) is 32.3.